The zero-order chi connectivity index (χ0) is 22.9. The number of aromatic amines is 1. The minimum atomic E-state index is -0.640. The van der Waals surface area contributed by atoms with E-state index in [1.807, 2.05) is 18.2 Å². The van der Waals surface area contributed by atoms with Gasteiger partial charge in [0.1, 0.15) is 11.1 Å². The van der Waals surface area contributed by atoms with Crippen LogP contribution < -0.4 is 16.6 Å². The molecule has 1 saturated carbocycles. The normalized spacial score (nSPS) is 13.4. The van der Waals surface area contributed by atoms with Gasteiger partial charge in [-0.15, -0.1) is 0 Å². The molecule has 1 amide bonds. The fraction of sp³-hybridized carbons (Fsp3) is 0.240. The van der Waals surface area contributed by atoms with Crippen molar-refractivity contribution >= 4 is 22.7 Å². The van der Waals surface area contributed by atoms with Crippen molar-refractivity contribution < 1.29 is 13.9 Å². The predicted octanol–water partition coefficient (Wildman–Crippen LogP) is 3.76. The topological polar surface area (TPSA) is 106 Å². The number of para-hydroxylation sites is 1. The summed E-state index contributed by atoms with van der Waals surface area (Å²) in [5, 5.41) is 2.86. The fourth-order valence-electron chi connectivity index (χ4n) is 3.84. The maximum Gasteiger partial charge on any atom is 0.335 e. The Kier molecular flexibility index (Phi) is 5.43. The number of fused-ring (bicyclic) bond motifs is 1. The molecule has 168 valence electrons. The van der Waals surface area contributed by atoms with E-state index in [9.17, 15) is 14.4 Å². The Labute approximate surface area is 188 Å². The van der Waals surface area contributed by atoms with Crippen LogP contribution in [0.4, 0.5) is 5.69 Å². The second kappa shape index (κ2) is 8.55. The average Bonchev–Trinajstić information content (AvgIpc) is 3.55. The Morgan fingerprint density at radius 1 is 1.15 bits per heavy atom. The van der Waals surface area contributed by atoms with Gasteiger partial charge in [0.15, 0.2) is 0 Å². The van der Waals surface area contributed by atoms with Crippen molar-refractivity contribution in [2.24, 2.45) is 5.92 Å². The van der Waals surface area contributed by atoms with Crippen LogP contribution in [0.15, 0.2) is 68.6 Å². The van der Waals surface area contributed by atoms with Gasteiger partial charge in [-0.3, -0.25) is 14.6 Å². The van der Waals surface area contributed by atoms with Gasteiger partial charge in [0, 0.05) is 12.3 Å². The number of ether oxygens (including phenoxy) is 1. The summed E-state index contributed by atoms with van der Waals surface area (Å²) in [6.07, 6.45) is 2.46. The molecule has 5 rings (SSSR count). The third kappa shape index (κ3) is 4.25. The van der Waals surface area contributed by atoms with E-state index in [4.69, 9.17) is 9.15 Å². The lowest BCUT2D eigenvalue weighted by Crippen LogP contribution is -2.34. The lowest BCUT2D eigenvalue weighted by molar-refractivity contribution is 0.102. The first-order valence-corrected chi connectivity index (χ1v) is 10.8. The quantitative estimate of drug-likeness (QED) is 0.451. The summed E-state index contributed by atoms with van der Waals surface area (Å²) in [6.45, 7) is 2.81. The number of carbonyl (C=O) groups excluding carboxylic acids is 1. The van der Waals surface area contributed by atoms with Gasteiger partial charge in [0.25, 0.3) is 11.5 Å². The molecule has 2 heterocycles. The highest BCUT2D eigenvalue weighted by Gasteiger charge is 2.24. The average molecular weight is 445 g/mol. The van der Waals surface area contributed by atoms with Gasteiger partial charge in [-0.1, -0.05) is 30.3 Å². The van der Waals surface area contributed by atoms with Crippen LogP contribution in [0.5, 0.6) is 0 Å². The van der Waals surface area contributed by atoms with Gasteiger partial charge in [0.2, 0.25) is 5.71 Å². The van der Waals surface area contributed by atoms with Crippen LogP contribution in [0.2, 0.25) is 0 Å². The number of H-pyrrole nitrogens is 1. The number of anilines is 1. The third-order valence-corrected chi connectivity index (χ3v) is 5.67. The van der Waals surface area contributed by atoms with E-state index in [2.05, 4.69) is 10.3 Å². The molecule has 0 aliphatic heterocycles. The number of hydrogen-bond donors (Lipinski definition) is 2. The summed E-state index contributed by atoms with van der Waals surface area (Å²) in [5.74, 6) is 0.424. The number of furan rings is 1. The number of rotatable bonds is 7. The minimum absolute atomic E-state index is 0.0253. The first kappa shape index (κ1) is 21.0. The molecule has 33 heavy (non-hydrogen) atoms. The van der Waals surface area contributed by atoms with Gasteiger partial charge in [-0.05, 0) is 55.5 Å². The molecule has 2 N–H and O–H groups in total. The molecule has 0 spiro atoms. The van der Waals surface area contributed by atoms with Gasteiger partial charge in [0.05, 0.1) is 17.9 Å². The largest absolute Gasteiger partial charge is 0.444 e. The first-order chi connectivity index (χ1) is 16.0. The zero-order valence-electron chi connectivity index (χ0n) is 18.1. The summed E-state index contributed by atoms with van der Waals surface area (Å²) >= 11 is 0. The number of aryl methyl sites for hydroxylation is 1. The van der Waals surface area contributed by atoms with Gasteiger partial charge >= 0.3 is 5.69 Å². The Balaban J connectivity index is 1.47. The summed E-state index contributed by atoms with van der Waals surface area (Å²) in [5.41, 5.74) is 0.720. The highest BCUT2D eigenvalue weighted by Crippen LogP contribution is 2.29. The lowest BCUT2D eigenvalue weighted by atomic mass is 10.1. The monoisotopic (exact) mass is 445 g/mol. The molecule has 4 aromatic rings. The number of nitrogens with one attached hydrogen (secondary N) is 2. The number of benzene rings is 2. The highest BCUT2D eigenvalue weighted by atomic mass is 16.5. The molecule has 1 fully saturated rings. The second-order valence-corrected chi connectivity index (χ2v) is 8.26. The number of aromatic nitrogens is 2. The van der Waals surface area contributed by atoms with E-state index in [0.717, 1.165) is 16.7 Å². The summed E-state index contributed by atoms with van der Waals surface area (Å²) in [7, 11) is 0. The van der Waals surface area contributed by atoms with Crippen LogP contribution >= 0.6 is 0 Å². The molecular weight excluding hydrogens is 422 g/mol. The summed E-state index contributed by atoms with van der Waals surface area (Å²) in [4.78, 5) is 41.5. The van der Waals surface area contributed by atoms with Crippen LogP contribution in [0, 0.1) is 12.8 Å². The molecule has 1 aliphatic carbocycles. The van der Waals surface area contributed by atoms with E-state index < -0.39 is 17.2 Å². The molecule has 0 radical (unpaired) electrons. The van der Waals surface area contributed by atoms with E-state index in [-0.39, 0.29) is 22.4 Å². The van der Waals surface area contributed by atoms with E-state index in [1.165, 1.54) is 12.8 Å². The van der Waals surface area contributed by atoms with Crippen LogP contribution in [0.25, 0.3) is 16.8 Å². The lowest BCUT2D eigenvalue weighted by Gasteiger charge is -2.08. The zero-order valence-corrected chi connectivity index (χ0v) is 18.1. The van der Waals surface area contributed by atoms with Crippen LogP contribution in [-0.4, -0.2) is 22.1 Å². The van der Waals surface area contributed by atoms with E-state index in [1.54, 1.807) is 43.3 Å². The molecule has 0 saturated heterocycles. The van der Waals surface area contributed by atoms with Gasteiger partial charge in [-0.25, -0.2) is 9.36 Å². The fourth-order valence-corrected chi connectivity index (χ4v) is 3.84. The molecule has 0 atom stereocenters. The number of hydrogen-bond acceptors (Lipinski definition) is 5. The Morgan fingerprint density at radius 3 is 2.70 bits per heavy atom. The predicted molar refractivity (Wildman–Crippen MR) is 124 cm³/mol. The van der Waals surface area contributed by atoms with Gasteiger partial charge in [-0.2, -0.15) is 0 Å². The van der Waals surface area contributed by atoms with Crippen molar-refractivity contribution in [3.8, 4) is 5.69 Å². The van der Waals surface area contributed by atoms with Crippen molar-refractivity contribution in [2.75, 3.05) is 11.9 Å². The maximum atomic E-state index is 13.3. The van der Waals surface area contributed by atoms with Crippen LogP contribution in [0.1, 0.15) is 34.5 Å². The Morgan fingerprint density at radius 2 is 1.94 bits per heavy atom. The minimum Gasteiger partial charge on any atom is -0.444 e. The van der Waals surface area contributed by atoms with E-state index >= 15 is 0 Å². The maximum absolute atomic E-state index is 13.3. The van der Waals surface area contributed by atoms with Crippen molar-refractivity contribution in [3.63, 3.8) is 0 Å². The molecule has 2 aromatic heterocycles. The standard InChI is InChI=1S/C25H23N3O5/c1-15-20(22(29)26-18-7-5-6-17(12-18)14-32-13-16-10-11-16)21-23(33-15)27-25(31)28(24(21)30)19-8-3-2-4-9-19/h2-9,12,16H,10-11,13-14H2,1H3,(H,26,29)(H,27,31). The highest BCUT2D eigenvalue weighted by molar-refractivity contribution is 6.12. The Bertz CT molecular complexity index is 1440. The smallest absolute Gasteiger partial charge is 0.335 e. The summed E-state index contributed by atoms with van der Waals surface area (Å²) in [6, 6.07) is 15.9. The number of carbonyl (C=O) groups is 1. The van der Waals surface area contributed by atoms with E-state index in [0.29, 0.717) is 23.9 Å². The second-order valence-electron chi connectivity index (χ2n) is 8.26. The number of amides is 1. The molecule has 0 bridgehead atoms. The van der Waals surface area contributed by atoms with Crippen LogP contribution in [0.3, 0.4) is 0 Å². The molecule has 8 heteroatoms. The molecule has 8 nitrogen and oxygen atoms in total. The van der Waals surface area contributed by atoms with Crippen molar-refractivity contribution in [1.82, 2.24) is 9.55 Å². The summed E-state index contributed by atoms with van der Waals surface area (Å²) < 4.78 is 12.3. The molecule has 2 aromatic carbocycles. The van der Waals surface area contributed by atoms with Crippen molar-refractivity contribution in [1.29, 1.82) is 0 Å². The Hall–Kier alpha value is -3.91. The van der Waals surface area contributed by atoms with Crippen LogP contribution in [-0.2, 0) is 11.3 Å². The molecule has 1 aliphatic rings. The van der Waals surface area contributed by atoms with Crippen molar-refractivity contribution in [3.05, 3.63) is 92.3 Å². The van der Waals surface area contributed by atoms with Crippen molar-refractivity contribution in [2.45, 2.75) is 26.4 Å². The number of nitrogens with zero attached hydrogens (tertiary/aromatic N) is 1. The first-order valence-electron chi connectivity index (χ1n) is 10.8. The third-order valence-electron chi connectivity index (χ3n) is 5.67. The molecule has 0 unspecified atom stereocenters. The SMILES string of the molecule is Cc1oc2[nH]c(=O)n(-c3ccccc3)c(=O)c2c1C(=O)Nc1cccc(COCC2CC2)c1. The molecular formula is C25H23N3O5. The van der Waals surface area contributed by atoms with Gasteiger partial charge < -0.3 is 14.5 Å².